The lowest BCUT2D eigenvalue weighted by Gasteiger charge is -2.32. The molecule has 0 fully saturated rings. The van der Waals surface area contributed by atoms with Gasteiger partial charge in [-0.1, -0.05) is 36.4 Å². The molecular formula is C20H28NO4P. The van der Waals surface area contributed by atoms with Gasteiger partial charge in [-0.15, -0.1) is 0 Å². The first-order valence-corrected chi connectivity index (χ1v) is 10.4. The Bertz CT molecular complexity index is 720. The van der Waals surface area contributed by atoms with Gasteiger partial charge in [-0.25, -0.2) is 0 Å². The molecule has 26 heavy (non-hydrogen) atoms. The van der Waals surface area contributed by atoms with Crippen LogP contribution in [0.25, 0.3) is 0 Å². The number of rotatable bonds is 9. The van der Waals surface area contributed by atoms with E-state index in [9.17, 15) is 4.57 Å². The molecule has 1 unspecified atom stereocenters. The molecule has 0 aliphatic carbocycles. The lowest BCUT2D eigenvalue weighted by Crippen LogP contribution is -2.19. The molecule has 0 saturated heterocycles. The van der Waals surface area contributed by atoms with Crippen LogP contribution in [0.5, 0.6) is 5.75 Å². The van der Waals surface area contributed by atoms with Crippen molar-refractivity contribution >= 4 is 13.3 Å². The number of nitrogens with one attached hydrogen (secondary N) is 1. The summed E-state index contributed by atoms with van der Waals surface area (Å²) in [5.41, 5.74) is 1.55. The Hall–Kier alpha value is -1.81. The fourth-order valence-electron chi connectivity index (χ4n) is 2.65. The molecule has 0 aliphatic rings. The fourth-order valence-corrected chi connectivity index (χ4v) is 4.98. The molecule has 0 bridgehead atoms. The molecule has 0 heterocycles. The van der Waals surface area contributed by atoms with Crippen molar-refractivity contribution in [2.45, 2.75) is 45.7 Å². The van der Waals surface area contributed by atoms with Crippen LogP contribution in [0.3, 0.4) is 0 Å². The van der Waals surface area contributed by atoms with Crippen LogP contribution in [0.2, 0.25) is 0 Å². The van der Waals surface area contributed by atoms with Crippen molar-refractivity contribution in [2.24, 2.45) is 0 Å². The molecule has 0 spiro atoms. The predicted molar refractivity (Wildman–Crippen MR) is 106 cm³/mol. The van der Waals surface area contributed by atoms with Crippen molar-refractivity contribution in [2.75, 3.05) is 12.4 Å². The van der Waals surface area contributed by atoms with Crippen molar-refractivity contribution in [1.82, 2.24) is 0 Å². The Morgan fingerprint density at radius 3 is 1.92 bits per heavy atom. The highest BCUT2D eigenvalue weighted by Crippen LogP contribution is 2.63. The first-order valence-electron chi connectivity index (χ1n) is 8.76. The zero-order valence-electron chi connectivity index (χ0n) is 16.0. The van der Waals surface area contributed by atoms with Crippen LogP contribution in [-0.2, 0) is 13.6 Å². The van der Waals surface area contributed by atoms with E-state index in [0.717, 1.165) is 11.3 Å². The van der Waals surface area contributed by atoms with E-state index >= 15 is 0 Å². The average molecular weight is 377 g/mol. The molecule has 0 radical (unpaired) electrons. The molecule has 5 nitrogen and oxygen atoms in total. The first kappa shape index (κ1) is 20.5. The number of hydrogen-bond acceptors (Lipinski definition) is 5. The Morgan fingerprint density at radius 1 is 0.846 bits per heavy atom. The maximum Gasteiger partial charge on any atom is 0.357 e. The Balaban J connectivity index is 2.54. The minimum absolute atomic E-state index is 0.255. The highest BCUT2D eigenvalue weighted by atomic mass is 31.2. The second kappa shape index (κ2) is 9.22. The van der Waals surface area contributed by atoms with Crippen molar-refractivity contribution in [3.8, 4) is 5.75 Å². The normalized spacial score (nSPS) is 13.0. The van der Waals surface area contributed by atoms with Gasteiger partial charge < -0.3 is 19.1 Å². The minimum Gasteiger partial charge on any atom is -0.496 e. The SMILES string of the molecule is COc1ccccc1C(Nc1ccccc1)P(=O)(OC(C)C)OC(C)C. The van der Waals surface area contributed by atoms with E-state index < -0.39 is 13.4 Å². The third-order valence-corrected chi connectivity index (χ3v) is 6.01. The summed E-state index contributed by atoms with van der Waals surface area (Å²) in [6.45, 7) is 7.38. The van der Waals surface area contributed by atoms with Gasteiger partial charge in [0.1, 0.15) is 5.75 Å². The smallest absolute Gasteiger partial charge is 0.357 e. The van der Waals surface area contributed by atoms with E-state index in [0.29, 0.717) is 5.75 Å². The van der Waals surface area contributed by atoms with E-state index in [1.807, 2.05) is 82.3 Å². The third kappa shape index (κ3) is 5.34. The first-order chi connectivity index (χ1) is 12.4. The van der Waals surface area contributed by atoms with Crippen molar-refractivity contribution in [3.05, 3.63) is 60.2 Å². The summed E-state index contributed by atoms with van der Waals surface area (Å²) in [6, 6.07) is 17.1. The molecule has 1 N–H and O–H groups in total. The molecule has 0 saturated carbocycles. The fraction of sp³-hybridized carbons (Fsp3) is 0.400. The van der Waals surface area contributed by atoms with E-state index in [2.05, 4.69) is 5.32 Å². The minimum atomic E-state index is -3.56. The Kier molecular flexibility index (Phi) is 7.27. The van der Waals surface area contributed by atoms with Gasteiger partial charge in [-0.2, -0.15) is 0 Å². The van der Waals surface area contributed by atoms with Crippen LogP contribution in [-0.4, -0.2) is 19.3 Å². The van der Waals surface area contributed by atoms with Gasteiger partial charge in [-0.05, 0) is 45.9 Å². The molecule has 142 valence electrons. The maximum absolute atomic E-state index is 13.8. The van der Waals surface area contributed by atoms with Crippen LogP contribution in [0.4, 0.5) is 5.69 Å². The Labute approximate surface area is 156 Å². The van der Waals surface area contributed by atoms with E-state index in [1.54, 1.807) is 7.11 Å². The summed E-state index contributed by atoms with van der Waals surface area (Å²) in [4.78, 5) is 0. The maximum atomic E-state index is 13.8. The van der Waals surface area contributed by atoms with Gasteiger partial charge in [0.05, 0.1) is 19.3 Å². The van der Waals surface area contributed by atoms with Crippen molar-refractivity contribution in [1.29, 1.82) is 0 Å². The standard InChI is InChI=1S/C20H28NO4P/c1-15(2)24-26(22,25-16(3)4)20(21-17-11-7-6-8-12-17)18-13-9-10-14-19(18)23-5/h6-16,20-21H,1-5H3. The lowest BCUT2D eigenvalue weighted by atomic mass is 10.2. The summed E-state index contributed by atoms with van der Waals surface area (Å²) in [5, 5.41) is 3.33. The molecule has 0 aromatic heterocycles. The van der Waals surface area contributed by atoms with Gasteiger partial charge in [0.25, 0.3) is 0 Å². The van der Waals surface area contributed by atoms with E-state index in [-0.39, 0.29) is 12.2 Å². The number of hydrogen-bond donors (Lipinski definition) is 1. The van der Waals surface area contributed by atoms with E-state index in [4.69, 9.17) is 13.8 Å². The molecule has 2 aromatic rings. The van der Waals surface area contributed by atoms with Crippen molar-refractivity contribution < 1.29 is 18.3 Å². The van der Waals surface area contributed by atoms with E-state index in [1.165, 1.54) is 0 Å². The molecule has 0 aliphatic heterocycles. The number of benzene rings is 2. The number of para-hydroxylation sites is 2. The monoisotopic (exact) mass is 377 g/mol. The van der Waals surface area contributed by atoms with Gasteiger partial charge >= 0.3 is 7.60 Å². The predicted octanol–water partition coefficient (Wildman–Crippen LogP) is 5.85. The topological polar surface area (TPSA) is 56.8 Å². The summed E-state index contributed by atoms with van der Waals surface area (Å²) >= 11 is 0. The lowest BCUT2D eigenvalue weighted by molar-refractivity contribution is 0.138. The zero-order chi connectivity index (χ0) is 19.2. The van der Waals surface area contributed by atoms with Crippen molar-refractivity contribution in [3.63, 3.8) is 0 Å². The van der Waals surface area contributed by atoms with Gasteiger partial charge in [0.15, 0.2) is 5.78 Å². The molecule has 2 aromatic carbocycles. The van der Waals surface area contributed by atoms with Crippen LogP contribution in [0, 0.1) is 0 Å². The summed E-state index contributed by atoms with van der Waals surface area (Å²) in [5.74, 6) is -0.0771. The largest absolute Gasteiger partial charge is 0.496 e. The summed E-state index contributed by atoms with van der Waals surface area (Å²) in [7, 11) is -1.97. The highest BCUT2D eigenvalue weighted by Gasteiger charge is 2.40. The molecule has 6 heteroatoms. The quantitative estimate of drug-likeness (QED) is 0.556. The van der Waals surface area contributed by atoms with Gasteiger partial charge in [-0.3, -0.25) is 4.57 Å². The summed E-state index contributed by atoms with van der Waals surface area (Å²) in [6.07, 6.45) is -0.510. The number of methoxy groups -OCH3 is 1. The zero-order valence-corrected chi connectivity index (χ0v) is 16.9. The third-order valence-electron chi connectivity index (χ3n) is 3.54. The van der Waals surface area contributed by atoms with Crippen LogP contribution < -0.4 is 10.1 Å². The van der Waals surface area contributed by atoms with Crippen LogP contribution in [0.15, 0.2) is 54.6 Å². The molecular weight excluding hydrogens is 349 g/mol. The van der Waals surface area contributed by atoms with Crippen LogP contribution >= 0.6 is 7.60 Å². The van der Waals surface area contributed by atoms with Gasteiger partial charge in [0, 0.05) is 11.3 Å². The molecule has 2 rings (SSSR count). The second-order valence-electron chi connectivity index (χ2n) is 6.50. The highest BCUT2D eigenvalue weighted by molar-refractivity contribution is 7.54. The molecule has 0 amide bonds. The average Bonchev–Trinajstić information content (AvgIpc) is 2.59. The Morgan fingerprint density at radius 2 is 1.38 bits per heavy atom. The number of anilines is 1. The number of ether oxygens (including phenoxy) is 1. The molecule has 1 atom stereocenters. The van der Waals surface area contributed by atoms with Gasteiger partial charge in [0.2, 0.25) is 0 Å². The van der Waals surface area contributed by atoms with Crippen LogP contribution in [0.1, 0.15) is 39.0 Å². The summed E-state index contributed by atoms with van der Waals surface area (Å²) < 4.78 is 31.0. The second-order valence-corrected chi connectivity index (χ2v) is 8.52.